The maximum Gasteiger partial charge on any atom is 0.258 e. The molecule has 0 fully saturated rings. The number of fused-ring (bicyclic) bond motifs is 1. The molecule has 3 rings (SSSR count). The lowest BCUT2D eigenvalue weighted by Crippen LogP contribution is -2.14. The molecule has 0 spiro atoms. The van der Waals surface area contributed by atoms with Crippen molar-refractivity contribution >= 4 is 10.9 Å². The predicted octanol–water partition coefficient (Wildman–Crippen LogP) is 0.772. The summed E-state index contributed by atoms with van der Waals surface area (Å²) in [6.07, 6.45) is 3.48. The summed E-state index contributed by atoms with van der Waals surface area (Å²) in [4.78, 5) is 18.8. The fourth-order valence-electron chi connectivity index (χ4n) is 1.87. The van der Waals surface area contributed by atoms with Crippen LogP contribution in [0.1, 0.15) is 5.82 Å². The average molecular weight is 241 g/mol. The molecule has 0 saturated carbocycles. The van der Waals surface area contributed by atoms with Crippen molar-refractivity contribution in [2.75, 3.05) is 0 Å². The second kappa shape index (κ2) is 4.08. The largest absolute Gasteiger partial charge is 0.324 e. The first-order chi connectivity index (χ1) is 8.78. The number of aromatic nitrogens is 4. The molecule has 4 N–H and O–H groups in total. The van der Waals surface area contributed by atoms with E-state index in [1.54, 1.807) is 18.5 Å². The van der Waals surface area contributed by atoms with Gasteiger partial charge in [0.05, 0.1) is 23.6 Å². The molecule has 1 aromatic carbocycles. The van der Waals surface area contributed by atoms with Gasteiger partial charge in [0.1, 0.15) is 5.82 Å². The van der Waals surface area contributed by atoms with Gasteiger partial charge in [-0.25, -0.2) is 4.98 Å². The van der Waals surface area contributed by atoms with Crippen LogP contribution >= 0.6 is 0 Å². The minimum atomic E-state index is -0.175. The second-order valence-electron chi connectivity index (χ2n) is 3.94. The molecule has 18 heavy (non-hydrogen) atoms. The molecule has 2 aromatic heterocycles. The van der Waals surface area contributed by atoms with E-state index in [1.165, 1.54) is 0 Å². The van der Waals surface area contributed by atoms with Gasteiger partial charge in [0.15, 0.2) is 0 Å². The third-order valence-electron chi connectivity index (χ3n) is 2.78. The molecule has 0 unspecified atom stereocenters. The number of nitrogens with one attached hydrogen (secondary N) is 2. The summed E-state index contributed by atoms with van der Waals surface area (Å²) in [5, 5.41) is 7.17. The van der Waals surface area contributed by atoms with Crippen molar-refractivity contribution in [1.82, 2.24) is 20.2 Å². The van der Waals surface area contributed by atoms with Crippen LogP contribution in [0.25, 0.3) is 22.0 Å². The molecule has 6 nitrogen and oxygen atoms in total. The van der Waals surface area contributed by atoms with Gasteiger partial charge in [-0.3, -0.25) is 9.89 Å². The highest BCUT2D eigenvalue weighted by atomic mass is 16.1. The lowest BCUT2D eigenvalue weighted by Gasteiger charge is -2.02. The van der Waals surface area contributed by atoms with Gasteiger partial charge in [-0.15, -0.1) is 0 Å². The van der Waals surface area contributed by atoms with Crippen molar-refractivity contribution in [2.24, 2.45) is 5.73 Å². The third-order valence-corrected chi connectivity index (χ3v) is 2.78. The van der Waals surface area contributed by atoms with E-state index in [-0.39, 0.29) is 12.1 Å². The van der Waals surface area contributed by atoms with Crippen LogP contribution in [0.2, 0.25) is 0 Å². The minimum Gasteiger partial charge on any atom is -0.324 e. The van der Waals surface area contributed by atoms with Gasteiger partial charge in [0.25, 0.3) is 5.56 Å². The first-order valence-electron chi connectivity index (χ1n) is 5.50. The number of hydrogen-bond acceptors (Lipinski definition) is 4. The highest BCUT2D eigenvalue weighted by Gasteiger charge is 2.05. The van der Waals surface area contributed by atoms with Gasteiger partial charge < -0.3 is 10.7 Å². The quantitative estimate of drug-likeness (QED) is 0.617. The summed E-state index contributed by atoms with van der Waals surface area (Å²) in [6, 6.07) is 5.51. The Morgan fingerprint density at radius 3 is 2.89 bits per heavy atom. The van der Waals surface area contributed by atoms with E-state index in [9.17, 15) is 4.79 Å². The van der Waals surface area contributed by atoms with Crippen molar-refractivity contribution in [1.29, 1.82) is 0 Å². The first kappa shape index (κ1) is 10.7. The maximum atomic E-state index is 11.9. The zero-order valence-electron chi connectivity index (χ0n) is 9.47. The average Bonchev–Trinajstić information content (AvgIpc) is 2.92. The lowest BCUT2D eigenvalue weighted by molar-refractivity contribution is 0.913. The van der Waals surface area contributed by atoms with Crippen LogP contribution in [-0.4, -0.2) is 20.2 Å². The molecule has 0 saturated heterocycles. The van der Waals surface area contributed by atoms with Crippen LogP contribution in [0.3, 0.4) is 0 Å². The molecule has 3 aromatic rings. The standard InChI is InChI=1S/C12H11N5O/c13-4-11-16-10-2-1-7(8-5-14-15-6-8)3-9(10)12(18)17-11/h1-3,5-6H,4,13H2,(H,14,15)(H,16,17,18). The first-order valence-corrected chi connectivity index (χ1v) is 5.50. The van der Waals surface area contributed by atoms with Crippen molar-refractivity contribution in [2.45, 2.75) is 6.54 Å². The van der Waals surface area contributed by atoms with Gasteiger partial charge in [-0.2, -0.15) is 5.10 Å². The topological polar surface area (TPSA) is 100 Å². The van der Waals surface area contributed by atoms with Crippen LogP contribution in [0.4, 0.5) is 0 Å². The van der Waals surface area contributed by atoms with E-state index in [0.29, 0.717) is 16.7 Å². The number of benzene rings is 1. The number of rotatable bonds is 2. The van der Waals surface area contributed by atoms with Gasteiger partial charge in [0, 0.05) is 11.8 Å². The van der Waals surface area contributed by atoms with Crippen LogP contribution < -0.4 is 11.3 Å². The molecule has 0 atom stereocenters. The van der Waals surface area contributed by atoms with Gasteiger partial charge in [0.2, 0.25) is 0 Å². The highest BCUT2D eigenvalue weighted by Crippen LogP contribution is 2.20. The van der Waals surface area contributed by atoms with E-state index in [0.717, 1.165) is 11.1 Å². The third kappa shape index (κ3) is 1.68. The molecule has 90 valence electrons. The van der Waals surface area contributed by atoms with Gasteiger partial charge in [-0.05, 0) is 17.7 Å². The molecule has 0 bridgehead atoms. The Hall–Kier alpha value is -2.47. The zero-order chi connectivity index (χ0) is 12.5. The number of aromatic amines is 2. The van der Waals surface area contributed by atoms with Crippen LogP contribution in [0.15, 0.2) is 35.4 Å². The number of nitrogens with two attached hydrogens (primary N) is 1. The van der Waals surface area contributed by atoms with Gasteiger partial charge in [-0.1, -0.05) is 6.07 Å². The van der Waals surface area contributed by atoms with Crippen molar-refractivity contribution in [3.63, 3.8) is 0 Å². The Kier molecular flexibility index (Phi) is 2.42. The molecule has 2 heterocycles. The minimum absolute atomic E-state index is 0.175. The fraction of sp³-hybridized carbons (Fsp3) is 0.0833. The molecule has 0 amide bonds. The summed E-state index contributed by atoms with van der Waals surface area (Å²) in [6.45, 7) is 0.217. The second-order valence-corrected chi connectivity index (χ2v) is 3.94. The Balaban J connectivity index is 2.24. The van der Waals surface area contributed by atoms with E-state index < -0.39 is 0 Å². The molecular formula is C12H11N5O. The summed E-state index contributed by atoms with van der Waals surface area (Å²) >= 11 is 0. The van der Waals surface area contributed by atoms with E-state index in [4.69, 9.17) is 5.73 Å². The normalized spacial score (nSPS) is 10.9. The molecular weight excluding hydrogens is 230 g/mol. The van der Waals surface area contributed by atoms with Crippen LogP contribution in [-0.2, 0) is 6.54 Å². The summed E-state index contributed by atoms with van der Waals surface area (Å²) in [7, 11) is 0. The summed E-state index contributed by atoms with van der Waals surface area (Å²) in [5.74, 6) is 0.489. The number of H-pyrrole nitrogens is 2. The lowest BCUT2D eigenvalue weighted by atomic mass is 10.1. The van der Waals surface area contributed by atoms with Gasteiger partial charge >= 0.3 is 0 Å². The van der Waals surface area contributed by atoms with E-state index in [2.05, 4.69) is 20.2 Å². The Morgan fingerprint density at radius 1 is 1.28 bits per heavy atom. The molecule has 0 radical (unpaired) electrons. The maximum absolute atomic E-state index is 11.9. The predicted molar refractivity (Wildman–Crippen MR) is 67.8 cm³/mol. The highest BCUT2D eigenvalue weighted by molar-refractivity contribution is 5.83. The Labute approximate surface area is 102 Å². The summed E-state index contributed by atoms with van der Waals surface area (Å²) < 4.78 is 0. The fourth-order valence-corrected chi connectivity index (χ4v) is 1.87. The van der Waals surface area contributed by atoms with E-state index in [1.807, 2.05) is 12.1 Å². The molecule has 0 aliphatic heterocycles. The smallest absolute Gasteiger partial charge is 0.258 e. The molecule has 0 aliphatic rings. The Bertz CT molecular complexity index is 745. The zero-order valence-corrected chi connectivity index (χ0v) is 9.47. The van der Waals surface area contributed by atoms with E-state index >= 15 is 0 Å². The van der Waals surface area contributed by atoms with Crippen molar-refractivity contribution < 1.29 is 0 Å². The Morgan fingerprint density at radius 2 is 2.17 bits per heavy atom. The van der Waals surface area contributed by atoms with Crippen molar-refractivity contribution in [3.8, 4) is 11.1 Å². The molecule has 6 heteroatoms. The molecule has 0 aliphatic carbocycles. The van der Waals surface area contributed by atoms with Crippen LogP contribution in [0, 0.1) is 0 Å². The number of hydrogen-bond donors (Lipinski definition) is 3. The monoisotopic (exact) mass is 241 g/mol. The van der Waals surface area contributed by atoms with Crippen molar-refractivity contribution in [3.05, 3.63) is 46.8 Å². The number of nitrogens with zero attached hydrogens (tertiary/aromatic N) is 2. The summed E-state index contributed by atoms with van der Waals surface area (Å²) in [5.41, 5.74) is 7.79. The SMILES string of the molecule is NCc1nc2ccc(-c3cn[nH]c3)cc2c(=O)[nH]1. The van der Waals surface area contributed by atoms with Crippen LogP contribution in [0.5, 0.6) is 0 Å².